The first kappa shape index (κ1) is 52.3. The summed E-state index contributed by atoms with van der Waals surface area (Å²) >= 11 is 0. The van der Waals surface area contributed by atoms with Gasteiger partial charge in [0, 0.05) is 6.42 Å². The van der Waals surface area contributed by atoms with Gasteiger partial charge < -0.3 is 24.0 Å². The van der Waals surface area contributed by atoms with E-state index in [9.17, 15) is 19.4 Å². The van der Waals surface area contributed by atoms with Gasteiger partial charge in [-0.3, -0.25) is 13.8 Å². The van der Waals surface area contributed by atoms with Crippen LogP contribution in [0.1, 0.15) is 168 Å². The third kappa shape index (κ3) is 39.9. The first-order chi connectivity index (χ1) is 26.0. The number of nitrogens with zero attached hydrogens (tertiary/aromatic N) is 1. The van der Waals surface area contributed by atoms with Gasteiger partial charge in [0.15, 0.2) is 6.10 Å². The van der Waals surface area contributed by atoms with Crippen molar-refractivity contribution in [3.63, 3.8) is 0 Å². The number of phosphoric ester groups is 1. The number of phosphoric acid groups is 1. The summed E-state index contributed by atoms with van der Waals surface area (Å²) in [5.74, 6) is -0.333. The molecule has 2 unspecified atom stereocenters. The molecule has 0 aliphatic rings. The van der Waals surface area contributed by atoms with Crippen molar-refractivity contribution in [1.29, 1.82) is 0 Å². The largest absolute Gasteiger partial charge is 0.492 e. The molecule has 54 heavy (non-hydrogen) atoms. The maximum Gasteiger partial charge on any atom is 0.472 e. The minimum Gasteiger partial charge on any atom is -0.492 e. The van der Waals surface area contributed by atoms with Gasteiger partial charge in [-0.25, -0.2) is 4.57 Å². The van der Waals surface area contributed by atoms with Gasteiger partial charge in [-0.15, -0.1) is 0 Å². The van der Waals surface area contributed by atoms with Crippen molar-refractivity contribution >= 4 is 13.8 Å². The average molecular weight is 785 g/mol. The van der Waals surface area contributed by atoms with E-state index in [1.807, 2.05) is 45.4 Å². The van der Waals surface area contributed by atoms with Crippen LogP contribution < -0.4 is 0 Å². The summed E-state index contributed by atoms with van der Waals surface area (Å²) in [6.45, 7) is 4.66. The molecule has 316 valence electrons. The van der Waals surface area contributed by atoms with E-state index < -0.39 is 20.0 Å². The Bertz CT molecular complexity index is 1020. The van der Waals surface area contributed by atoms with Crippen LogP contribution in [0.4, 0.5) is 0 Å². The third-order valence-electron chi connectivity index (χ3n) is 9.10. The summed E-state index contributed by atoms with van der Waals surface area (Å²) in [6.07, 6.45) is 41.2. The number of carbonyl (C=O) groups is 1. The molecular weight excluding hydrogens is 701 g/mol. The van der Waals surface area contributed by atoms with Crippen molar-refractivity contribution in [2.24, 2.45) is 0 Å². The second-order valence-corrected chi connectivity index (χ2v) is 17.1. The van der Waals surface area contributed by atoms with Crippen molar-refractivity contribution in [2.75, 3.05) is 47.5 Å². The molecule has 0 radical (unpaired) electrons. The number of likely N-dealkylation sites (N-methyl/N-ethyl adjacent to an activating group) is 1. The summed E-state index contributed by atoms with van der Waals surface area (Å²) < 4.78 is 34.7. The number of rotatable bonds is 39. The minimum absolute atomic E-state index is 0.0730. The minimum atomic E-state index is -4.29. The first-order valence-electron chi connectivity index (χ1n) is 21.5. The van der Waals surface area contributed by atoms with Gasteiger partial charge in [-0.1, -0.05) is 159 Å². The molecule has 0 aromatic carbocycles. The fourth-order valence-corrected chi connectivity index (χ4v) is 6.40. The molecule has 0 aliphatic heterocycles. The monoisotopic (exact) mass is 785 g/mol. The molecule has 0 amide bonds. The summed E-state index contributed by atoms with van der Waals surface area (Å²) in [7, 11) is 1.62. The van der Waals surface area contributed by atoms with E-state index in [0.29, 0.717) is 23.9 Å². The number of carbonyl (C=O) groups excluding carboxylic acids is 1. The summed E-state index contributed by atoms with van der Waals surface area (Å²) in [4.78, 5) is 22.7. The summed E-state index contributed by atoms with van der Waals surface area (Å²) in [5, 5.41) is 10.1. The molecule has 0 rings (SSSR count). The molecular formula is C44H83NO8P+. The van der Waals surface area contributed by atoms with E-state index in [0.717, 1.165) is 57.8 Å². The maximum atomic E-state index is 12.5. The number of esters is 1. The Kier molecular flexibility index (Phi) is 35.7. The standard InChI is InChI=1S/C44H82NO8P/c1-6-8-10-12-14-15-16-17-18-19-20-21-22-24-29-33-38-50-43(41-53-54(48,49)52-39-37-45(3,4)5)40-51-44(47)36-32-28-25-27-31-35-42(46)34-30-26-23-13-11-9-7-2/h9,11,23,26,30,33-34,38,42-43,46H,6-8,10,12-22,24-25,27-29,31-32,35-37,39-41H2,1-5H3/p+1/b11-9+,26-23+,34-30+,38-33+/t42?,43-/m1/s1. The average Bonchev–Trinajstić information content (AvgIpc) is 3.12. The van der Waals surface area contributed by atoms with Crippen LogP contribution >= 0.6 is 7.82 Å². The lowest BCUT2D eigenvalue weighted by atomic mass is 10.0. The Hall–Kier alpha value is -1.74. The van der Waals surface area contributed by atoms with E-state index in [4.69, 9.17) is 18.5 Å². The number of unbranched alkanes of at least 4 members (excludes halogenated alkanes) is 18. The molecule has 10 heteroatoms. The number of aliphatic hydroxyl groups is 1. The summed E-state index contributed by atoms with van der Waals surface area (Å²) in [5.41, 5.74) is 0. The van der Waals surface area contributed by atoms with Gasteiger partial charge in [-0.2, -0.15) is 0 Å². The Balaban J connectivity index is 4.38. The van der Waals surface area contributed by atoms with Crippen molar-refractivity contribution < 1.29 is 42.4 Å². The van der Waals surface area contributed by atoms with Gasteiger partial charge in [0.25, 0.3) is 0 Å². The van der Waals surface area contributed by atoms with Gasteiger partial charge in [-0.05, 0) is 44.6 Å². The van der Waals surface area contributed by atoms with Crippen LogP contribution in [-0.2, 0) is 27.9 Å². The van der Waals surface area contributed by atoms with Gasteiger partial charge >= 0.3 is 13.8 Å². The van der Waals surface area contributed by atoms with Crippen LogP contribution in [0.2, 0.25) is 0 Å². The highest BCUT2D eigenvalue weighted by molar-refractivity contribution is 7.47. The Morgan fingerprint density at radius 2 is 1.30 bits per heavy atom. The van der Waals surface area contributed by atoms with Crippen LogP contribution in [0.25, 0.3) is 0 Å². The van der Waals surface area contributed by atoms with Gasteiger partial charge in [0.05, 0.1) is 40.1 Å². The van der Waals surface area contributed by atoms with E-state index in [-0.39, 0.29) is 25.8 Å². The zero-order valence-electron chi connectivity index (χ0n) is 35.3. The van der Waals surface area contributed by atoms with Crippen molar-refractivity contribution in [3.05, 3.63) is 48.8 Å². The third-order valence-corrected chi connectivity index (χ3v) is 10.1. The van der Waals surface area contributed by atoms with Crippen LogP contribution in [0.5, 0.6) is 0 Å². The number of hydrogen-bond acceptors (Lipinski definition) is 7. The number of aliphatic hydroxyl groups excluding tert-OH is 1. The van der Waals surface area contributed by atoms with Crippen LogP contribution in [0.3, 0.4) is 0 Å². The second-order valence-electron chi connectivity index (χ2n) is 15.6. The van der Waals surface area contributed by atoms with E-state index >= 15 is 0 Å². The highest BCUT2D eigenvalue weighted by Crippen LogP contribution is 2.43. The quantitative estimate of drug-likeness (QED) is 0.0121. The molecule has 9 nitrogen and oxygen atoms in total. The lowest BCUT2D eigenvalue weighted by Crippen LogP contribution is -2.37. The van der Waals surface area contributed by atoms with E-state index in [2.05, 4.69) is 32.1 Å². The second kappa shape index (κ2) is 36.9. The van der Waals surface area contributed by atoms with Crippen molar-refractivity contribution in [3.8, 4) is 0 Å². The Morgan fingerprint density at radius 3 is 1.91 bits per heavy atom. The normalized spacial score (nSPS) is 14.8. The van der Waals surface area contributed by atoms with Crippen molar-refractivity contribution in [1.82, 2.24) is 0 Å². The highest BCUT2D eigenvalue weighted by Gasteiger charge is 2.25. The van der Waals surface area contributed by atoms with Crippen LogP contribution in [-0.4, -0.2) is 80.2 Å². The Labute approximate surface area is 331 Å². The van der Waals surface area contributed by atoms with Crippen molar-refractivity contribution in [2.45, 2.75) is 180 Å². The predicted molar refractivity (Wildman–Crippen MR) is 225 cm³/mol. The SMILES string of the molecule is CC/C=C/C/C=C/C=C/C(O)CCCCCCCC(=O)OC[C@H](COP(=O)(O)OCC[N+](C)(C)C)O/C=C/CCCCCCCCCCCCCCCC. The molecule has 0 aromatic heterocycles. The highest BCUT2D eigenvalue weighted by atomic mass is 31.2. The number of quaternary nitrogens is 1. The lowest BCUT2D eigenvalue weighted by molar-refractivity contribution is -0.870. The lowest BCUT2D eigenvalue weighted by Gasteiger charge is -2.24. The molecule has 0 heterocycles. The summed E-state index contributed by atoms with van der Waals surface area (Å²) in [6, 6.07) is 0. The molecule has 0 bridgehead atoms. The fourth-order valence-electron chi connectivity index (χ4n) is 5.66. The first-order valence-corrected chi connectivity index (χ1v) is 23.0. The Morgan fingerprint density at radius 1 is 0.704 bits per heavy atom. The van der Waals surface area contributed by atoms with Gasteiger partial charge in [0.1, 0.15) is 19.8 Å². The van der Waals surface area contributed by atoms with Gasteiger partial charge in [0.2, 0.25) is 0 Å². The molecule has 3 atom stereocenters. The van der Waals surface area contributed by atoms with Crippen LogP contribution in [0.15, 0.2) is 48.8 Å². The zero-order chi connectivity index (χ0) is 40.0. The molecule has 0 aliphatic carbocycles. The van der Waals surface area contributed by atoms with E-state index in [1.54, 1.807) is 6.26 Å². The van der Waals surface area contributed by atoms with Crippen LogP contribution in [0, 0.1) is 0 Å². The molecule has 0 saturated carbocycles. The molecule has 2 N–H and O–H groups in total. The zero-order valence-corrected chi connectivity index (χ0v) is 36.2. The molecule has 0 aromatic rings. The van der Waals surface area contributed by atoms with E-state index in [1.165, 1.54) is 83.5 Å². The number of allylic oxidation sites excluding steroid dienone is 6. The number of ether oxygens (including phenoxy) is 2. The molecule has 0 saturated heterocycles. The molecule has 0 spiro atoms. The topological polar surface area (TPSA) is 112 Å². The molecule has 0 fully saturated rings. The predicted octanol–water partition coefficient (Wildman–Crippen LogP) is 11.7. The smallest absolute Gasteiger partial charge is 0.472 e. The number of hydrogen-bond donors (Lipinski definition) is 2. The maximum absolute atomic E-state index is 12.5. The fraction of sp³-hybridized carbons (Fsp3) is 0.795.